The summed E-state index contributed by atoms with van der Waals surface area (Å²) < 4.78 is 9.96. The molecule has 3 nitrogen and oxygen atoms in total. The highest BCUT2D eigenvalue weighted by Gasteiger charge is 1.95. The van der Waals surface area contributed by atoms with Crippen LogP contribution in [0.5, 0.6) is 0 Å². The second-order valence-electron chi connectivity index (χ2n) is 2.57. The quantitative estimate of drug-likeness (QED) is 0.678. The maximum atomic E-state index is 4.98. The number of rotatable bonds is 4. The molecule has 1 heterocycles. The topological polar surface area (TPSA) is 31.4 Å². The summed E-state index contributed by atoms with van der Waals surface area (Å²) in [7, 11) is 3.34. The van der Waals surface area contributed by atoms with Gasteiger partial charge in [-0.05, 0) is 17.2 Å². The monoisotopic (exact) mass is 167 g/mol. The number of nitrogens with zero attached hydrogens (tertiary/aromatic N) is 1. The lowest BCUT2D eigenvalue weighted by molar-refractivity contribution is 0.179. The van der Waals surface area contributed by atoms with Gasteiger partial charge in [-0.3, -0.25) is 4.98 Å². The first-order valence-corrected chi connectivity index (χ1v) is 3.77. The van der Waals surface area contributed by atoms with Crippen molar-refractivity contribution in [3.8, 4) is 0 Å². The number of pyridine rings is 1. The molecule has 0 atom stereocenters. The summed E-state index contributed by atoms with van der Waals surface area (Å²) in [5.74, 6) is 0. The van der Waals surface area contributed by atoms with E-state index in [2.05, 4.69) is 4.98 Å². The van der Waals surface area contributed by atoms with E-state index in [4.69, 9.17) is 9.47 Å². The first-order valence-electron chi connectivity index (χ1n) is 3.77. The highest BCUT2D eigenvalue weighted by atomic mass is 16.5. The Hall–Kier alpha value is -0.930. The zero-order valence-electron chi connectivity index (χ0n) is 7.41. The van der Waals surface area contributed by atoms with Gasteiger partial charge in [0, 0.05) is 26.6 Å². The van der Waals surface area contributed by atoms with Crippen LogP contribution >= 0.6 is 0 Å². The third kappa shape index (κ3) is 2.60. The van der Waals surface area contributed by atoms with Crippen molar-refractivity contribution in [1.29, 1.82) is 0 Å². The summed E-state index contributed by atoms with van der Waals surface area (Å²) in [6, 6.07) is 2.03. The van der Waals surface area contributed by atoms with Crippen molar-refractivity contribution in [2.45, 2.75) is 13.2 Å². The molecule has 0 saturated heterocycles. The van der Waals surface area contributed by atoms with E-state index in [1.54, 1.807) is 26.6 Å². The molecule has 0 radical (unpaired) electrons. The lowest BCUT2D eigenvalue weighted by atomic mass is 10.2. The average molecular weight is 167 g/mol. The second kappa shape index (κ2) is 4.85. The van der Waals surface area contributed by atoms with Crippen LogP contribution in [0.3, 0.4) is 0 Å². The Morgan fingerprint density at radius 1 is 1.08 bits per heavy atom. The van der Waals surface area contributed by atoms with Crippen LogP contribution in [0.1, 0.15) is 11.1 Å². The lowest BCUT2D eigenvalue weighted by Crippen LogP contribution is -1.93. The highest BCUT2D eigenvalue weighted by Crippen LogP contribution is 2.04. The number of aromatic nitrogens is 1. The minimum Gasteiger partial charge on any atom is -0.380 e. The molecule has 1 aromatic rings. The molecule has 0 aliphatic heterocycles. The molecule has 66 valence electrons. The van der Waals surface area contributed by atoms with Crippen LogP contribution in [0.25, 0.3) is 0 Å². The Kier molecular flexibility index (Phi) is 3.70. The van der Waals surface area contributed by atoms with E-state index in [1.807, 2.05) is 6.07 Å². The Bertz CT molecular complexity index is 216. The third-order valence-electron chi connectivity index (χ3n) is 1.47. The summed E-state index contributed by atoms with van der Waals surface area (Å²) >= 11 is 0. The van der Waals surface area contributed by atoms with Gasteiger partial charge in [0.1, 0.15) is 0 Å². The smallest absolute Gasteiger partial charge is 0.0728 e. The van der Waals surface area contributed by atoms with Crippen LogP contribution in [0, 0.1) is 0 Å². The van der Waals surface area contributed by atoms with Gasteiger partial charge >= 0.3 is 0 Å². The van der Waals surface area contributed by atoms with Gasteiger partial charge in [-0.25, -0.2) is 0 Å². The number of ether oxygens (including phenoxy) is 2. The van der Waals surface area contributed by atoms with Crippen molar-refractivity contribution in [2.75, 3.05) is 14.2 Å². The molecule has 0 saturated carbocycles. The van der Waals surface area contributed by atoms with E-state index in [1.165, 1.54) is 0 Å². The minimum atomic E-state index is 0.602. The first kappa shape index (κ1) is 9.16. The third-order valence-corrected chi connectivity index (χ3v) is 1.47. The van der Waals surface area contributed by atoms with E-state index in [0.29, 0.717) is 13.2 Å². The van der Waals surface area contributed by atoms with Gasteiger partial charge in [0.25, 0.3) is 0 Å². The summed E-state index contributed by atoms with van der Waals surface area (Å²) in [5, 5.41) is 0. The maximum Gasteiger partial charge on any atom is 0.0728 e. The standard InChI is InChI=1S/C9H13NO2/c1-11-6-8-3-9(7-12-2)5-10-4-8/h3-5H,6-7H2,1-2H3. The molecule has 0 N–H and O–H groups in total. The van der Waals surface area contributed by atoms with Crippen molar-refractivity contribution >= 4 is 0 Å². The van der Waals surface area contributed by atoms with Crippen LogP contribution in [0.2, 0.25) is 0 Å². The van der Waals surface area contributed by atoms with Gasteiger partial charge in [0.05, 0.1) is 13.2 Å². The Labute approximate surface area is 72.3 Å². The van der Waals surface area contributed by atoms with E-state index in [9.17, 15) is 0 Å². The average Bonchev–Trinajstić information content (AvgIpc) is 2.06. The first-order chi connectivity index (χ1) is 5.86. The van der Waals surface area contributed by atoms with E-state index in [0.717, 1.165) is 11.1 Å². The molecule has 0 spiro atoms. The van der Waals surface area contributed by atoms with E-state index >= 15 is 0 Å². The molecule has 1 aromatic heterocycles. The summed E-state index contributed by atoms with van der Waals surface area (Å²) in [4.78, 5) is 4.06. The van der Waals surface area contributed by atoms with Crippen molar-refractivity contribution in [3.63, 3.8) is 0 Å². The Morgan fingerprint density at radius 3 is 2.00 bits per heavy atom. The van der Waals surface area contributed by atoms with Gasteiger partial charge in [-0.2, -0.15) is 0 Å². The Morgan fingerprint density at radius 2 is 1.58 bits per heavy atom. The fraction of sp³-hybridized carbons (Fsp3) is 0.444. The SMILES string of the molecule is COCc1cncc(COC)c1. The van der Waals surface area contributed by atoms with Crippen LogP contribution in [0.15, 0.2) is 18.5 Å². The highest BCUT2D eigenvalue weighted by molar-refractivity contribution is 5.16. The van der Waals surface area contributed by atoms with Crippen molar-refractivity contribution in [3.05, 3.63) is 29.6 Å². The normalized spacial score (nSPS) is 10.2. The molecule has 0 aliphatic carbocycles. The summed E-state index contributed by atoms with van der Waals surface area (Å²) in [6.45, 7) is 1.20. The molecule has 0 aromatic carbocycles. The van der Waals surface area contributed by atoms with Crippen molar-refractivity contribution in [2.24, 2.45) is 0 Å². The zero-order valence-corrected chi connectivity index (χ0v) is 7.41. The van der Waals surface area contributed by atoms with Gasteiger partial charge in [-0.15, -0.1) is 0 Å². The van der Waals surface area contributed by atoms with Gasteiger partial charge in [0.2, 0.25) is 0 Å². The van der Waals surface area contributed by atoms with Crippen molar-refractivity contribution in [1.82, 2.24) is 4.98 Å². The fourth-order valence-corrected chi connectivity index (χ4v) is 1.03. The molecule has 12 heavy (non-hydrogen) atoms. The number of hydrogen-bond donors (Lipinski definition) is 0. The molecular formula is C9H13NO2. The molecule has 0 fully saturated rings. The van der Waals surface area contributed by atoms with E-state index in [-0.39, 0.29) is 0 Å². The van der Waals surface area contributed by atoms with Crippen LogP contribution in [0.4, 0.5) is 0 Å². The van der Waals surface area contributed by atoms with Crippen LogP contribution in [-0.2, 0) is 22.7 Å². The maximum absolute atomic E-state index is 4.98. The summed E-state index contributed by atoms with van der Waals surface area (Å²) in [6.07, 6.45) is 3.59. The van der Waals surface area contributed by atoms with Crippen LogP contribution < -0.4 is 0 Å². The predicted octanol–water partition coefficient (Wildman–Crippen LogP) is 1.37. The molecule has 1 rings (SSSR count). The predicted molar refractivity (Wildman–Crippen MR) is 45.7 cm³/mol. The molecule has 0 amide bonds. The fourth-order valence-electron chi connectivity index (χ4n) is 1.03. The van der Waals surface area contributed by atoms with Crippen LogP contribution in [-0.4, -0.2) is 19.2 Å². The molecular weight excluding hydrogens is 154 g/mol. The largest absolute Gasteiger partial charge is 0.380 e. The van der Waals surface area contributed by atoms with Gasteiger partial charge in [0.15, 0.2) is 0 Å². The molecule has 0 aliphatic rings. The molecule has 3 heteroatoms. The molecule has 0 bridgehead atoms. The van der Waals surface area contributed by atoms with Crippen molar-refractivity contribution < 1.29 is 9.47 Å². The molecule has 0 unspecified atom stereocenters. The number of hydrogen-bond acceptors (Lipinski definition) is 3. The zero-order chi connectivity index (χ0) is 8.81. The van der Waals surface area contributed by atoms with Gasteiger partial charge < -0.3 is 9.47 Å². The minimum absolute atomic E-state index is 0.602. The van der Waals surface area contributed by atoms with E-state index < -0.39 is 0 Å². The van der Waals surface area contributed by atoms with Gasteiger partial charge in [-0.1, -0.05) is 0 Å². The Balaban J connectivity index is 2.67. The summed E-state index contributed by atoms with van der Waals surface area (Å²) in [5.41, 5.74) is 2.15. The second-order valence-corrected chi connectivity index (χ2v) is 2.57. The lowest BCUT2D eigenvalue weighted by Gasteiger charge is -2.02. The number of methoxy groups -OCH3 is 2.